The van der Waals surface area contributed by atoms with Gasteiger partial charge >= 0.3 is 5.97 Å². The van der Waals surface area contributed by atoms with E-state index in [0.29, 0.717) is 0 Å². The molecule has 0 radical (unpaired) electrons. The van der Waals surface area contributed by atoms with Crippen LogP contribution in [0.3, 0.4) is 0 Å². The number of hydrogen-bond donors (Lipinski definition) is 6. The summed E-state index contributed by atoms with van der Waals surface area (Å²) in [5, 5.41) is 27.4. The standard InChI is InChI=1S/C27H34N4O6S2/c1-15(17-7-5-4-6-8-17)21-25(35)31-22(26(36)37)27(2,3)39-38-14-20(24(34)30-21)29-23(33)19(28)13-16-9-11-18(32)12-10-16/h4-12,15,19-22,32H,13-14,28H2,1-3H3,(H,29,33)(H,30,34)(H,31,35)(H,36,37)/t15-,19-,20?,21-,22-/m0/s1. The van der Waals surface area contributed by atoms with Crippen molar-refractivity contribution < 1.29 is 29.4 Å². The van der Waals surface area contributed by atoms with Crippen LogP contribution in [0.5, 0.6) is 5.75 Å². The molecule has 10 nitrogen and oxygen atoms in total. The van der Waals surface area contributed by atoms with E-state index in [-0.39, 0.29) is 17.9 Å². The molecule has 7 N–H and O–H groups in total. The molecule has 210 valence electrons. The molecule has 1 fully saturated rings. The Bertz CT molecular complexity index is 1180. The van der Waals surface area contributed by atoms with Crippen molar-refractivity contribution in [3.8, 4) is 5.75 Å². The third-order valence-electron chi connectivity index (χ3n) is 6.50. The van der Waals surface area contributed by atoms with E-state index >= 15 is 0 Å². The number of amides is 3. The lowest BCUT2D eigenvalue weighted by Crippen LogP contribution is -2.60. The lowest BCUT2D eigenvalue weighted by molar-refractivity contribution is -0.143. The molecule has 1 unspecified atom stereocenters. The Labute approximate surface area is 235 Å². The molecule has 12 heteroatoms. The van der Waals surface area contributed by atoms with Gasteiger partial charge < -0.3 is 31.9 Å². The van der Waals surface area contributed by atoms with Crippen LogP contribution in [0.25, 0.3) is 0 Å². The van der Waals surface area contributed by atoms with Crippen LogP contribution in [0.15, 0.2) is 54.6 Å². The van der Waals surface area contributed by atoms with Gasteiger partial charge in [-0.3, -0.25) is 14.4 Å². The highest BCUT2D eigenvalue weighted by Gasteiger charge is 2.41. The normalized spacial score (nSPS) is 23.3. The van der Waals surface area contributed by atoms with Crippen molar-refractivity contribution in [3.05, 3.63) is 65.7 Å². The number of nitrogens with one attached hydrogen (secondary N) is 3. The molecule has 3 amide bonds. The van der Waals surface area contributed by atoms with Crippen LogP contribution >= 0.6 is 21.6 Å². The van der Waals surface area contributed by atoms with E-state index in [1.807, 2.05) is 30.3 Å². The van der Waals surface area contributed by atoms with Crippen LogP contribution in [-0.2, 0) is 25.6 Å². The van der Waals surface area contributed by atoms with Gasteiger partial charge in [0, 0.05) is 11.7 Å². The average molecular weight is 575 g/mol. The van der Waals surface area contributed by atoms with Gasteiger partial charge in [-0.1, -0.05) is 71.0 Å². The molecule has 2 aromatic carbocycles. The minimum atomic E-state index is -1.23. The summed E-state index contributed by atoms with van der Waals surface area (Å²) in [6.45, 7) is 5.17. The minimum Gasteiger partial charge on any atom is -0.508 e. The van der Waals surface area contributed by atoms with Gasteiger partial charge in [0.05, 0.1) is 10.8 Å². The Morgan fingerprint density at radius 3 is 2.33 bits per heavy atom. The van der Waals surface area contributed by atoms with Gasteiger partial charge in [-0.2, -0.15) is 0 Å². The number of carbonyl (C=O) groups excluding carboxylic acids is 3. The molecular formula is C27H34N4O6S2. The average Bonchev–Trinajstić information content (AvgIpc) is 2.91. The molecule has 0 spiro atoms. The zero-order chi connectivity index (χ0) is 28.7. The first kappa shape index (κ1) is 30.3. The van der Waals surface area contributed by atoms with E-state index in [1.54, 1.807) is 32.9 Å². The number of aliphatic carboxylic acids is 1. The van der Waals surface area contributed by atoms with Crippen LogP contribution < -0.4 is 21.7 Å². The topological polar surface area (TPSA) is 171 Å². The molecule has 1 heterocycles. The summed E-state index contributed by atoms with van der Waals surface area (Å²) in [4.78, 5) is 52.0. The Kier molecular flexibility index (Phi) is 10.3. The number of carbonyl (C=O) groups is 4. The Morgan fingerprint density at radius 1 is 1.08 bits per heavy atom. The Balaban J connectivity index is 1.86. The summed E-state index contributed by atoms with van der Waals surface area (Å²) < 4.78 is -0.941. The lowest BCUT2D eigenvalue weighted by atomic mass is 9.91. The number of nitrogens with two attached hydrogens (primary N) is 1. The second-order valence-electron chi connectivity index (χ2n) is 9.97. The number of aromatic hydroxyl groups is 1. The van der Waals surface area contributed by atoms with E-state index in [9.17, 15) is 29.4 Å². The van der Waals surface area contributed by atoms with Crippen LogP contribution in [-0.4, -0.2) is 68.6 Å². The number of hydrogen-bond acceptors (Lipinski definition) is 8. The molecule has 1 aliphatic heterocycles. The maximum absolute atomic E-state index is 13.5. The first-order valence-corrected chi connectivity index (χ1v) is 14.7. The summed E-state index contributed by atoms with van der Waals surface area (Å²) in [5.41, 5.74) is 7.64. The SMILES string of the molecule is C[C@@H](c1ccccc1)[C@@H]1NC(=O)C(NC(=O)[C@@H](N)Cc2ccc(O)cc2)CSSC(C)(C)[C@H](C(=O)O)NC1=O. The van der Waals surface area contributed by atoms with Crippen molar-refractivity contribution in [1.82, 2.24) is 16.0 Å². The molecule has 5 atom stereocenters. The number of phenols is 1. The molecule has 39 heavy (non-hydrogen) atoms. The predicted molar refractivity (Wildman–Crippen MR) is 152 cm³/mol. The van der Waals surface area contributed by atoms with Crippen LogP contribution in [0.1, 0.15) is 37.8 Å². The van der Waals surface area contributed by atoms with Gasteiger partial charge in [0.15, 0.2) is 0 Å². The number of benzene rings is 2. The van der Waals surface area contributed by atoms with Crippen molar-refractivity contribution in [1.29, 1.82) is 0 Å². The summed E-state index contributed by atoms with van der Waals surface area (Å²) in [6.07, 6.45) is 0.186. The molecule has 0 saturated carbocycles. The highest BCUT2D eigenvalue weighted by atomic mass is 33.1. The highest BCUT2D eigenvalue weighted by Crippen LogP contribution is 2.39. The molecule has 1 aliphatic rings. The van der Waals surface area contributed by atoms with Crippen molar-refractivity contribution in [2.45, 2.75) is 62.0 Å². The van der Waals surface area contributed by atoms with E-state index in [0.717, 1.165) is 11.1 Å². The van der Waals surface area contributed by atoms with E-state index in [2.05, 4.69) is 16.0 Å². The van der Waals surface area contributed by atoms with Gasteiger partial charge in [-0.25, -0.2) is 4.79 Å². The zero-order valence-electron chi connectivity index (χ0n) is 21.9. The molecular weight excluding hydrogens is 540 g/mol. The van der Waals surface area contributed by atoms with Crippen molar-refractivity contribution >= 4 is 45.3 Å². The van der Waals surface area contributed by atoms with Crippen LogP contribution in [0.4, 0.5) is 0 Å². The van der Waals surface area contributed by atoms with Crippen LogP contribution in [0.2, 0.25) is 0 Å². The first-order chi connectivity index (χ1) is 18.4. The fraction of sp³-hybridized carbons (Fsp3) is 0.407. The third-order valence-corrected chi connectivity index (χ3v) is 9.81. The van der Waals surface area contributed by atoms with E-state index in [4.69, 9.17) is 5.73 Å². The second-order valence-corrected chi connectivity index (χ2v) is 13.0. The zero-order valence-corrected chi connectivity index (χ0v) is 23.6. The number of carboxylic acid groups (broad SMARTS) is 1. The smallest absolute Gasteiger partial charge is 0.327 e. The second kappa shape index (κ2) is 13.2. The first-order valence-electron chi connectivity index (χ1n) is 12.4. The van der Waals surface area contributed by atoms with E-state index in [1.165, 1.54) is 33.7 Å². The van der Waals surface area contributed by atoms with E-state index < -0.39 is 58.5 Å². The molecule has 0 aromatic heterocycles. The summed E-state index contributed by atoms with van der Waals surface area (Å²) in [6, 6.07) is 11.1. The Morgan fingerprint density at radius 2 is 1.72 bits per heavy atom. The highest BCUT2D eigenvalue weighted by molar-refractivity contribution is 8.77. The predicted octanol–water partition coefficient (Wildman–Crippen LogP) is 1.78. The number of carboxylic acids is 1. The van der Waals surface area contributed by atoms with Crippen molar-refractivity contribution in [3.63, 3.8) is 0 Å². The maximum Gasteiger partial charge on any atom is 0.327 e. The largest absolute Gasteiger partial charge is 0.508 e. The van der Waals surface area contributed by atoms with Gasteiger partial charge in [0.1, 0.15) is 23.9 Å². The van der Waals surface area contributed by atoms with Gasteiger partial charge in [-0.05, 0) is 43.5 Å². The lowest BCUT2D eigenvalue weighted by Gasteiger charge is -2.32. The summed E-state index contributed by atoms with van der Waals surface area (Å²) in [5.74, 6) is -3.25. The fourth-order valence-corrected chi connectivity index (χ4v) is 6.94. The fourth-order valence-electron chi connectivity index (χ4n) is 4.13. The van der Waals surface area contributed by atoms with Crippen molar-refractivity contribution in [2.24, 2.45) is 5.73 Å². The van der Waals surface area contributed by atoms with Crippen molar-refractivity contribution in [2.75, 3.05) is 5.75 Å². The monoisotopic (exact) mass is 574 g/mol. The quantitative estimate of drug-likeness (QED) is 0.270. The maximum atomic E-state index is 13.5. The third kappa shape index (κ3) is 8.13. The molecule has 2 aromatic rings. The molecule has 1 saturated heterocycles. The summed E-state index contributed by atoms with van der Waals surface area (Å²) >= 11 is 0. The summed E-state index contributed by atoms with van der Waals surface area (Å²) in [7, 11) is 2.44. The minimum absolute atomic E-state index is 0.0942. The number of phenolic OH excluding ortho intramolecular Hbond substituents is 1. The van der Waals surface area contributed by atoms with Gasteiger partial charge in [0.2, 0.25) is 17.7 Å². The number of rotatable bonds is 7. The molecule has 0 bridgehead atoms. The molecule has 3 rings (SSSR count). The molecule has 0 aliphatic carbocycles. The Hall–Kier alpha value is -3.22. The van der Waals surface area contributed by atoms with Gasteiger partial charge in [0.25, 0.3) is 0 Å². The van der Waals surface area contributed by atoms with Crippen LogP contribution in [0, 0.1) is 0 Å². The van der Waals surface area contributed by atoms with Gasteiger partial charge in [-0.15, -0.1) is 0 Å².